The maximum Gasteiger partial charge on any atom is 0.319 e. The molecule has 1 saturated heterocycles. The zero-order valence-electron chi connectivity index (χ0n) is 10.1. The minimum Gasteiger partial charge on any atom is -0.329 e. The fourth-order valence-electron chi connectivity index (χ4n) is 1.83. The van der Waals surface area contributed by atoms with Gasteiger partial charge in [-0.2, -0.15) is 0 Å². The lowest BCUT2D eigenvalue weighted by Crippen LogP contribution is -2.47. The second-order valence-electron chi connectivity index (χ2n) is 5.14. The number of piperidine rings is 1. The molecule has 15 heavy (non-hydrogen) atoms. The summed E-state index contributed by atoms with van der Waals surface area (Å²) in [6.45, 7) is 7.44. The second-order valence-corrected chi connectivity index (χ2v) is 5.14. The minimum atomic E-state index is 0.121. The SMILES string of the molecule is CN(CCN)C(=O)N1CCC(C)(C)CC1. The Morgan fingerprint density at radius 1 is 1.40 bits per heavy atom. The molecule has 0 aromatic rings. The zero-order chi connectivity index (χ0) is 11.5. The largest absolute Gasteiger partial charge is 0.329 e. The molecule has 2 amide bonds. The Bertz CT molecular complexity index is 218. The van der Waals surface area contributed by atoms with Crippen LogP contribution in [0.5, 0.6) is 0 Å². The molecule has 0 saturated carbocycles. The predicted octanol–water partition coefficient (Wildman–Crippen LogP) is 1.12. The highest BCUT2D eigenvalue weighted by Crippen LogP contribution is 2.29. The third kappa shape index (κ3) is 3.38. The number of amides is 2. The van der Waals surface area contributed by atoms with E-state index in [2.05, 4.69) is 13.8 Å². The van der Waals surface area contributed by atoms with E-state index >= 15 is 0 Å². The summed E-state index contributed by atoms with van der Waals surface area (Å²) in [4.78, 5) is 15.5. The number of nitrogens with zero attached hydrogens (tertiary/aromatic N) is 2. The summed E-state index contributed by atoms with van der Waals surface area (Å²) in [6, 6.07) is 0.121. The Kier molecular flexibility index (Phi) is 3.97. The third-order valence-corrected chi connectivity index (χ3v) is 3.18. The van der Waals surface area contributed by atoms with Gasteiger partial charge in [-0.3, -0.25) is 0 Å². The van der Waals surface area contributed by atoms with Gasteiger partial charge in [0.25, 0.3) is 0 Å². The lowest BCUT2D eigenvalue weighted by molar-refractivity contribution is 0.119. The Balaban J connectivity index is 2.42. The predicted molar refractivity (Wildman–Crippen MR) is 61.7 cm³/mol. The van der Waals surface area contributed by atoms with Gasteiger partial charge in [0.15, 0.2) is 0 Å². The van der Waals surface area contributed by atoms with Gasteiger partial charge in [0.1, 0.15) is 0 Å². The summed E-state index contributed by atoms with van der Waals surface area (Å²) >= 11 is 0. The monoisotopic (exact) mass is 213 g/mol. The van der Waals surface area contributed by atoms with E-state index in [0.29, 0.717) is 18.5 Å². The van der Waals surface area contributed by atoms with E-state index in [0.717, 1.165) is 25.9 Å². The molecule has 1 fully saturated rings. The molecular formula is C11H23N3O. The summed E-state index contributed by atoms with van der Waals surface area (Å²) in [7, 11) is 1.81. The summed E-state index contributed by atoms with van der Waals surface area (Å²) in [5.41, 5.74) is 5.82. The van der Waals surface area contributed by atoms with Crippen molar-refractivity contribution in [3.05, 3.63) is 0 Å². The van der Waals surface area contributed by atoms with Crippen molar-refractivity contribution in [3.8, 4) is 0 Å². The van der Waals surface area contributed by atoms with E-state index in [-0.39, 0.29) is 6.03 Å². The molecule has 1 rings (SSSR count). The molecular weight excluding hydrogens is 190 g/mol. The van der Waals surface area contributed by atoms with Crippen molar-refractivity contribution in [1.82, 2.24) is 9.80 Å². The summed E-state index contributed by atoms with van der Waals surface area (Å²) < 4.78 is 0. The van der Waals surface area contributed by atoms with Crippen LogP contribution in [0.2, 0.25) is 0 Å². The summed E-state index contributed by atoms with van der Waals surface area (Å²) in [6.07, 6.45) is 2.18. The number of rotatable bonds is 2. The quantitative estimate of drug-likeness (QED) is 0.747. The highest BCUT2D eigenvalue weighted by Gasteiger charge is 2.28. The van der Waals surface area contributed by atoms with E-state index in [1.165, 1.54) is 0 Å². The molecule has 2 N–H and O–H groups in total. The van der Waals surface area contributed by atoms with Crippen LogP contribution < -0.4 is 5.73 Å². The summed E-state index contributed by atoms with van der Waals surface area (Å²) in [5, 5.41) is 0. The third-order valence-electron chi connectivity index (χ3n) is 3.18. The average molecular weight is 213 g/mol. The van der Waals surface area contributed by atoms with Gasteiger partial charge in [0.2, 0.25) is 0 Å². The van der Waals surface area contributed by atoms with Crippen LogP contribution in [0.3, 0.4) is 0 Å². The fourth-order valence-corrected chi connectivity index (χ4v) is 1.83. The van der Waals surface area contributed by atoms with Gasteiger partial charge in [-0.1, -0.05) is 13.8 Å². The smallest absolute Gasteiger partial charge is 0.319 e. The second kappa shape index (κ2) is 4.84. The van der Waals surface area contributed by atoms with Crippen LogP contribution in [-0.2, 0) is 0 Å². The molecule has 0 atom stereocenters. The lowest BCUT2D eigenvalue weighted by atomic mass is 9.83. The minimum absolute atomic E-state index is 0.121. The highest BCUT2D eigenvalue weighted by atomic mass is 16.2. The molecule has 0 aromatic heterocycles. The van der Waals surface area contributed by atoms with Crippen LogP contribution >= 0.6 is 0 Å². The normalized spacial score (nSPS) is 20.1. The van der Waals surface area contributed by atoms with Crippen molar-refractivity contribution < 1.29 is 4.79 Å². The first-order valence-electron chi connectivity index (χ1n) is 5.66. The fraction of sp³-hybridized carbons (Fsp3) is 0.909. The van der Waals surface area contributed by atoms with E-state index in [9.17, 15) is 4.79 Å². The van der Waals surface area contributed by atoms with Crippen molar-refractivity contribution in [2.45, 2.75) is 26.7 Å². The molecule has 0 aromatic carbocycles. The molecule has 0 bridgehead atoms. The number of likely N-dealkylation sites (N-methyl/N-ethyl adjacent to an activating group) is 1. The molecule has 0 aliphatic carbocycles. The Hall–Kier alpha value is -0.770. The standard InChI is InChI=1S/C11H23N3O/c1-11(2)4-7-14(8-5-11)10(15)13(3)9-6-12/h4-9,12H2,1-3H3. The molecule has 4 nitrogen and oxygen atoms in total. The van der Waals surface area contributed by atoms with Crippen LogP contribution in [0.25, 0.3) is 0 Å². The number of hydrogen-bond donors (Lipinski definition) is 1. The van der Waals surface area contributed by atoms with E-state index in [1.807, 2.05) is 11.9 Å². The van der Waals surface area contributed by atoms with E-state index < -0.39 is 0 Å². The van der Waals surface area contributed by atoms with Gasteiger partial charge in [-0.15, -0.1) is 0 Å². The molecule has 0 radical (unpaired) electrons. The number of nitrogens with two attached hydrogens (primary N) is 1. The topological polar surface area (TPSA) is 49.6 Å². The molecule has 4 heteroatoms. The Morgan fingerprint density at radius 2 is 1.93 bits per heavy atom. The first-order valence-corrected chi connectivity index (χ1v) is 5.66. The van der Waals surface area contributed by atoms with Crippen LogP contribution in [0.1, 0.15) is 26.7 Å². The highest BCUT2D eigenvalue weighted by molar-refractivity contribution is 5.74. The van der Waals surface area contributed by atoms with E-state index in [4.69, 9.17) is 5.73 Å². The van der Waals surface area contributed by atoms with Gasteiger partial charge in [-0.05, 0) is 18.3 Å². The van der Waals surface area contributed by atoms with Crippen LogP contribution in [0, 0.1) is 5.41 Å². The Morgan fingerprint density at radius 3 is 2.40 bits per heavy atom. The number of likely N-dealkylation sites (tertiary alicyclic amines) is 1. The van der Waals surface area contributed by atoms with Crippen LogP contribution in [0.4, 0.5) is 4.79 Å². The molecule has 1 heterocycles. The first kappa shape index (κ1) is 12.3. The molecule has 0 spiro atoms. The Labute approximate surface area is 92.4 Å². The average Bonchev–Trinajstić information content (AvgIpc) is 2.17. The van der Waals surface area contributed by atoms with Gasteiger partial charge >= 0.3 is 6.03 Å². The van der Waals surface area contributed by atoms with Gasteiger partial charge in [-0.25, -0.2) is 4.79 Å². The van der Waals surface area contributed by atoms with Gasteiger partial charge in [0, 0.05) is 33.2 Å². The number of hydrogen-bond acceptors (Lipinski definition) is 2. The maximum absolute atomic E-state index is 11.9. The molecule has 1 aliphatic rings. The van der Waals surface area contributed by atoms with Crippen molar-refractivity contribution >= 4 is 6.03 Å². The van der Waals surface area contributed by atoms with Crippen molar-refractivity contribution in [1.29, 1.82) is 0 Å². The molecule has 88 valence electrons. The van der Waals surface area contributed by atoms with Crippen LogP contribution in [0.15, 0.2) is 0 Å². The lowest BCUT2D eigenvalue weighted by Gasteiger charge is -2.38. The zero-order valence-corrected chi connectivity index (χ0v) is 10.1. The summed E-state index contributed by atoms with van der Waals surface area (Å²) in [5.74, 6) is 0. The number of carbonyl (C=O) groups is 1. The van der Waals surface area contributed by atoms with Gasteiger partial charge < -0.3 is 15.5 Å². The van der Waals surface area contributed by atoms with Crippen molar-refractivity contribution in [2.75, 3.05) is 33.2 Å². The van der Waals surface area contributed by atoms with Crippen molar-refractivity contribution in [2.24, 2.45) is 11.1 Å². The van der Waals surface area contributed by atoms with Crippen LogP contribution in [-0.4, -0.2) is 49.1 Å². The van der Waals surface area contributed by atoms with Gasteiger partial charge in [0.05, 0.1) is 0 Å². The molecule has 0 unspecified atom stereocenters. The van der Waals surface area contributed by atoms with Crippen molar-refractivity contribution in [3.63, 3.8) is 0 Å². The maximum atomic E-state index is 11.9. The first-order chi connectivity index (χ1) is 6.96. The number of urea groups is 1. The number of carbonyl (C=O) groups excluding carboxylic acids is 1. The molecule has 1 aliphatic heterocycles. The van der Waals surface area contributed by atoms with E-state index in [1.54, 1.807) is 4.90 Å².